The zero-order valence-corrected chi connectivity index (χ0v) is 36.7. The molecule has 6 heteroatoms. The first-order valence-corrected chi connectivity index (χ1v) is 22.3. The summed E-state index contributed by atoms with van der Waals surface area (Å²) in [5.41, 5.74) is 9.39. The second kappa shape index (κ2) is 16.6. The summed E-state index contributed by atoms with van der Waals surface area (Å²) >= 11 is 0. The second-order valence-electron chi connectivity index (χ2n) is 17.4. The van der Waals surface area contributed by atoms with E-state index in [9.17, 15) is 0 Å². The van der Waals surface area contributed by atoms with E-state index in [1.165, 1.54) is 39.3 Å². The third kappa shape index (κ3) is 7.13. The molecule has 1 aliphatic rings. The summed E-state index contributed by atoms with van der Waals surface area (Å²) in [6, 6.07) is 68.9. The molecule has 0 saturated heterocycles. The number of rotatable bonds is 9. The summed E-state index contributed by atoms with van der Waals surface area (Å²) in [7, 11) is 0. The van der Waals surface area contributed by atoms with Crippen molar-refractivity contribution in [3.63, 3.8) is 0 Å². The maximum absolute atomic E-state index is 17.0. The van der Waals surface area contributed by atoms with Crippen molar-refractivity contribution in [2.24, 2.45) is 0 Å². The summed E-state index contributed by atoms with van der Waals surface area (Å²) < 4.78 is 67.8. The van der Waals surface area contributed by atoms with Crippen LogP contribution in [0.25, 0.3) is 55.3 Å². The summed E-state index contributed by atoms with van der Waals surface area (Å²) in [6.07, 6.45) is 0. The lowest BCUT2D eigenvalue weighted by Gasteiger charge is -2.29. The summed E-state index contributed by atoms with van der Waals surface area (Å²) in [6.45, 7) is 4.46. The van der Waals surface area contributed by atoms with Crippen LogP contribution in [-0.2, 0) is 5.41 Å². The molecular weight excluding hydrogens is 837 g/mol. The van der Waals surface area contributed by atoms with Crippen molar-refractivity contribution >= 4 is 44.9 Å². The van der Waals surface area contributed by atoms with E-state index in [4.69, 9.17) is 0 Å². The number of hydrogen-bond donors (Lipinski definition) is 0. The lowest BCUT2D eigenvalue weighted by molar-refractivity contribution is 0.461. The number of nitrogens with zero attached hydrogens (tertiary/aromatic N) is 2. The fourth-order valence-corrected chi connectivity index (χ4v) is 9.80. The Kier molecular flexibility index (Phi) is 10.3. The molecule has 10 aromatic carbocycles. The van der Waals surface area contributed by atoms with E-state index < -0.39 is 34.5 Å². The van der Waals surface area contributed by atoms with Gasteiger partial charge in [0.2, 0.25) is 0 Å². The Bertz CT molecular complexity index is 3440. The smallest absolute Gasteiger partial charge is 0.186 e. The molecular formula is C61H42F4N2. The quantitative estimate of drug-likeness (QED) is 0.105. The Morgan fingerprint density at radius 1 is 0.343 bits per heavy atom. The molecule has 0 N–H and O–H groups in total. The largest absolute Gasteiger partial charge is 0.310 e. The van der Waals surface area contributed by atoms with Gasteiger partial charge in [0.1, 0.15) is 5.69 Å². The van der Waals surface area contributed by atoms with Gasteiger partial charge in [0.25, 0.3) is 0 Å². The van der Waals surface area contributed by atoms with Crippen LogP contribution in [0.4, 0.5) is 51.7 Å². The van der Waals surface area contributed by atoms with Gasteiger partial charge in [-0.2, -0.15) is 0 Å². The Morgan fingerprint density at radius 3 is 1.54 bits per heavy atom. The molecule has 0 saturated carbocycles. The van der Waals surface area contributed by atoms with Gasteiger partial charge in [0.15, 0.2) is 23.3 Å². The number of hydrogen-bond acceptors (Lipinski definition) is 2. The lowest BCUT2D eigenvalue weighted by atomic mass is 9.82. The van der Waals surface area contributed by atoms with E-state index >= 15 is 17.6 Å². The monoisotopic (exact) mass is 878 g/mol. The van der Waals surface area contributed by atoms with E-state index in [2.05, 4.69) is 79.4 Å². The molecule has 0 aromatic heterocycles. The molecule has 11 rings (SSSR count). The van der Waals surface area contributed by atoms with Crippen LogP contribution in [0.1, 0.15) is 25.0 Å². The minimum Gasteiger partial charge on any atom is -0.310 e. The highest BCUT2D eigenvalue weighted by Gasteiger charge is 2.36. The number of halogens is 4. The van der Waals surface area contributed by atoms with Crippen LogP contribution in [0.15, 0.2) is 218 Å². The topological polar surface area (TPSA) is 6.48 Å². The van der Waals surface area contributed by atoms with Crippen LogP contribution < -0.4 is 9.80 Å². The van der Waals surface area contributed by atoms with Crippen LogP contribution in [0, 0.1) is 23.3 Å². The van der Waals surface area contributed by atoms with Crippen molar-refractivity contribution in [1.29, 1.82) is 0 Å². The lowest BCUT2D eigenvalue weighted by Crippen LogP contribution is -2.17. The van der Waals surface area contributed by atoms with Gasteiger partial charge in [-0.1, -0.05) is 178 Å². The van der Waals surface area contributed by atoms with Gasteiger partial charge in [-0.3, -0.25) is 0 Å². The minimum absolute atomic E-state index is 0.0173. The molecule has 0 aliphatic heterocycles. The van der Waals surface area contributed by atoms with Crippen molar-refractivity contribution < 1.29 is 17.6 Å². The Hall–Kier alpha value is -8.22. The fourth-order valence-electron chi connectivity index (χ4n) is 9.80. The zero-order chi connectivity index (χ0) is 45.8. The van der Waals surface area contributed by atoms with Crippen LogP contribution in [0.5, 0.6) is 0 Å². The predicted molar refractivity (Wildman–Crippen MR) is 267 cm³/mol. The van der Waals surface area contributed by atoms with E-state index in [1.54, 1.807) is 42.5 Å². The van der Waals surface area contributed by atoms with Crippen LogP contribution in [0.3, 0.4) is 0 Å². The highest BCUT2D eigenvalue weighted by Crippen LogP contribution is 2.51. The highest BCUT2D eigenvalue weighted by molar-refractivity contribution is 5.99. The maximum Gasteiger partial charge on any atom is 0.186 e. The van der Waals surface area contributed by atoms with Gasteiger partial charge in [-0.15, -0.1) is 0 Å². The average molecular weight is 879 g/mol. The Morgan fingerprint density at radius 2 is 0.836 bits per heavy atom. The number of anilines is 6. The van der Waals surface area contributed by atoms with Crippen LogP contribution >= 0.6 is 0 Å². The highest BCUT2D eigenvalue weighted by atomic mass is 19.2. The summed E-state index contributed by atoms with van der Waals surface area (Å²) in [5, 5.41) is 2.04. The summed E-state index contributed by atoms with van der Waals surface area (Å²) in [4.78, 5) is 3.36. The van der Waals surface area contributed by atoms with E-state index in [1.807, 2.05) is 103 Å². The molecule has 324 valence electrons. The van der Waals surface area contributed by atoms with Gasteiger partial charge in [-0.05, 0) is 110 Å². The Balaban J connectivity index is 1.02. The molecule has 67 heavy (non-hydrogen) atoms. The molecule has 0 heterocycles. The normalized spacial score (nSPS) is 12.4. The first kappa shape index (κ1) is 41.5. The molecule has 0 radical (unpaired) electrons. The maximum atomic E-state index is 17.0. The van der Waals surface area contributed by atoms with Gasteiger partial charge < -0.3 is 9.80 Å². The zero-order valence-electron chi connectivity index (χ0n) is 36.7. The summed E-state index contributed by atoms with van der Waals surface area (Å²) in [5.74, 6) is -6.04. The number of fused-ring (bicyclic) bond motifs is 4. The fraction of sp³-hybridized carbons (Fsp3) is 0.0492. The second-order valence-corrected chi connectivity index (χ2v) is 17.4. The first-order chi connectivity index (χ1) is 32.7. The molecule has 0 spiro atoms. The number of benzene rings is 10. The SMILES string of the molecule is CC1(C)c2ccccc2-c2ccc(N(c3ccc(-c4c(F)c(F)c(N(c5ccc(-c6ccccc6)cc5)c5cccc(-c6ccccc6)c5)c(F)c4F)cc3)c3cccc4ccccc34)cc21. The molecule has 0 bridgehead atoms. The standard InChI is InChI=1S/C61H42F4N2/c1-61(2)52-25-12-11-24-50(52)51-36-35-48(38-53(51)61)66(54-26-14-20-42-19-9-10-23-49(42)54)45-33-29-43(30-34-45)55-56(62)58(64)60(59(65)57(55)63)67(46-31-27-41(28-32-46)39-15-5-3-6-16-39)47-22-13-21-44(37-47)40-17-7-4-8-18-40/h3-38H,1-2H3. The van der Waals surface area contributed by atoms with Crippen molar-refractivity contribution in [3.8, 4) is 44.5 Å². The van der Waals surface area contributed by atoms with Gasteiger partial charge in [0.05, 0.1) is 11.3 Å². The first-order valence-electron chi connectivity index (χ1n) is 22.3. The van der Waals surface area contributed by atoms with Crippen molar-refractivity contribution in [2.45, 2.75) is 19.3 Å². The van der Waals surface area contributed by atoms with Crippen LogP contribution in [0.2, 0.25) is 0 Å². The van der Waals surface area contributed by atoms with Crippen LogP contribution in [-0.4, -0.2) is 0 Å². The average Bonchev–Trinajstić information content (AvgIpc) is 3.61. The van der Waals surface area contributed by atoms with Crippen molar-refractivity contribution in [2.75, 3.05) is 9.80 Å². The van der Waals surface area contributed by atoms with E-state index in [0.29, 0.717) is 17.1 Å². The van der Waals surface area contributed by atoms with Crippen molar-refractivity contribution in [1.82, 2.24) is 0 Å². The van der Waals surface area contributed by atoms with Gasteiger partial charge >= 0.3 is 0 Å². The van der Waals surface area contributed by atoms with E-state index in [0.717, 1.165) is 44.4 Å². The van der Waals surface area contributed by atoms with E-state index in [-0.39, 0.29) is 11.0 Å². The molecule has 1 aliphatic carbocycles. The third-order valence-corrected chi connectivity index (χ3v) is 13.2. The molecule has 0 atom stereocenters. The third-order valence-electron chi connectivity index (χ3n) is 13.2. The van der Waals surface area contributed by atoms with Crippen molar-refractivity contribution in [3.05, 3.63) is 253 Å². The molecule has 2 nitrogen and oxygen atoms in total. The molecule has 10 aromatic rings. The van der Waals surface area contributed by atoms with Gasteiger partial charge in [0, 0.05) is 33.6 Å². The molecule has 0 amide bonds. The molecule has 0 unspecified atom stereocenters. The predicted octanol–water partition coefficient (Wildman–Crippen LogP) is 17.6. The van der Waals surface area contributed by atoms with Gasteiger partial charge in [-0.25, -0.2) is 17.6 Å². The molecule has 0 fully saturated rings. The minimum atomic E-state index is -1.52. The Labute approximate surface area is 387 Å².